The largest absolute Gasteiger partial charge is 0.378 e. The van der Waals surface area contributed by atoms with Gasteiger partial charge in [0.05, 0.1) is 12.2 Å². The lowest BCUT2D eigenvalue weighted by Gasteiger charge is -2.28. The molecule has 3 heteroatoms. The van der Waals surface area contributed by atoms with Crippen molar-refractivity contribution in [3.8, 4) is 0 Å². The van der Waals surface area contributed by atoms with Crippen LogP contribution < -0.4 is 5.32 Å². The maximum Gasteiger partial charge on any atom is 0.0616 e. The molecule has 0 aliphatic carbocycles. The van der Waals surface area contributed by atoms with E-state index in [0.717, 1.165) is 32.1 Å². The van der Waals surface area contributed by atoms with Gasteiger partial charge in [0, 0.05) is 25.2 Å². The smallest absolute Gasteiger partial charge is 0.0616 e. The van der Waals surface area contributed by atoms with E-state index in [1.54, 1.807) is 0 Å². The van der Waals surface area contributed by atoms with Crippen LogP contribution in [-0.4, -0.2) is 38.0 Å². The number of hydrogen-bond acceptors (Lipinski definition) is 3. The maximum absolute atomic E-state index is 5.86. The van der Waals surface area contributed by atoms with Crippen LogP contribution in [0, 0.1) is 5.92 Å². The van der Waals surface area contributed by atoms with Gasteiger partial charge in [-0.15, -0.1) is 0 Å². The topological polar surface area (TPSA) is 30.5 Å². The molecule has 2 heterocycles. The molecule has 0 aromatic rings. The second-order valence-electron chi connectivity index (χ2n) is 6.00. The Morgan fingerprint density at radius 2 is 2.05 bits per heavy atom. The minimum Gasteiger partial charge on any atom is -0.378 e. The normalized spacial score (nSPS) is 32.8. The molecule has 0 amide bonds. The van der Waals surface area contributed by atoms with Crippen LogP contribution in [-0.2, 0) is 9.47 Å². The van der Waals surface area contributed by atoms with Crippen LogP contribution in [0.5, 0.6) is 0 Å². The molecule has 4 unspecified atom stereocenters. The van der Waals surface area contributed by atoms with Gasteiger partial charge in [0.1, 0.15) is 0 Å². The summed E-state index contributed by atoms with van der Waals surface area (Å²) in [7, 11) is 0. The molecular weight excluding hydrogens is 238 g/mol. The van der Waals surface area contributed by atoms with E-state index in [9.17, 15) is 0 Å². The summed E-state index contributed by atoms with van der Waals surface area (Å²) >= 11 is 0. The Balaban J connectivity index is 1.74. The molecule has 3 nitrogen and oxygen atoms in total. The number of ether oxygens (including phenoxy) is 2. The van der Waals surface area contributed by atoms with Gasteiger partial charge in [0.15, 0.2) is 0 Å². The molecule has 0 aromatic carbocycles. The van der Waals surface area contributed by atoms with Crippen LogP contribution >= 0.6 is 0 Å². The predicted octanol–water partition coefficient (Wildman–Crippen LogP) is 3.13. The zero-order chi connectivity index (χ0) is 13.5. The monoisotopic (exact) mass is 269 g/mol. The molecule has 2 fully saturated rings. The quantitative estimate of drug-likeness (QED) is 0.734. The molecule has 0 radical (unpaired) electrons. The lowest BCUT2D eigenvalue weighted by molar-refractivity contribution is 0.0740. The van der Waals surface area contributed by atoms with Crippen molar-refractivity contribution in [2.75, 3.05) is 19.8 Å². The van der Waals surface area contributed by atoms with Crippen LogP contribution in [0.15, 0.2) is 0 Å². The van der Waals surface area contributed by atoms with Crippen LogP contribution in [0.2, 0.25) is 0 Å². The van der Waals surface area contributed by atoms with Gasteiger partial charge in [-0.2, -0.15) is 0 Å². The molecule has 112 valence electrons. The summed E-state index contributed by atoms with van der Waals surface area (Å²) in [4.78, 5) is 0. The Hall–Kier alpha value is -0.120. The zero-order valence-electron chi connectivity index (χ0n) is 12.7. The first-order valence-corrected chi connectivity index (χ1v) is 8.31. The highest BCUT2D eigenvalue weighted by Gasteiger charge is 2.32. The molecule has 19 heavy (non-hydrogen) atoms. The summed E-state index contributed by atoms with van der Waals surface area (Å²) < 4.78 is 11.6. The van der Waals surface area contributed by atoms with Crippen molar-refractivity contribution in [3.05, 3.63) is 0 Å². The van der Waals surface area contributed by atoms with Gasteiger partial charge in [-0.3, -0.25) is 0 Å². The van der Waals surface area contributed by atoms with E-state index in [0.29, 0.717) is 18.2 Å². The third-order valence-electron chi connectivity index (χ3n) is 4.71. The van der Waals surface area contributed by atoms with E-state index >= 15 is 0 Å². The van der Waals surface area contributed by atoms with Gasteiger partial charge < -0.3 is 14.8 Å². The summed E-state index contributed by atoms with van der Waals surface area (Å²) in [5, 5.41) is 3.69. The Morgan fingerprint density at radius 3 is 2.74 bits per heavy atom. The van der Waals surface area contributed by atoms with Crippen molar-refractivity contribution in [1.29, 1.82) is 0 Å². The van der Waals surface area contributed by atoms with Crippen molar-refractivity contribution in [1.82, 2.24) is 5.32 Å². The SMILES string of the molecule is CCNC(CCCC1CCCO1)C1CCOC1CC. The molecule has 4 atom stereocenters. The van der Waals surface area contributed by atoms with Crippen molar-refractivity contribution >= 4 is 0 Å². The third-order valence-corrected chi connectivity index (χ3v) is 4.71. The molecule has 2 saturated heterocycles. The fourth-order valence-electron chi connectivity index (χ4n) is 3.71. The van der Waals surface area contributed by atoms with Crippen LogP contribution in [0.3, 0.4) is 0 Å². The molecular formula is C16H31NO2. The average molecular weight is 269 g/mol. The summed E-state index contributed by atoms with van der Waals surface area (Å²) in [6.45, 7) is 7.46. The third kappa shape index (κ3) is 4.44. The van der Waals surface area contributed by atoms with Gasteiger partial charge in [-0.25, -0.2) is 0 Å². The summed E-state index contributed by atoms with van der Waals surface area (Å²) in [5.41, 5.74) is 0. The Kier molecular flexibility index (Phi) is 6.62. The van der Waals surface area contributed by atoms with Crippen molar-refractivity contribution in [3.63, 3.8) is 0 Å². The number of rotatable bonds is 8. The van der Waals surface area contributed by atoms with E-state index in [1.165, 1.54) is 38.5 Å². The van der Waals surface area contributed by atoms with Crippen LogP contribution in [0.1, 0.15) is 58.8 Å². The second kappa shape index (κ2) is 8.23. The molecule has 0 bridgehead atoms. The first-order chi connectivity index (χ1) is 9.35. The van der Waals surface area contributed by atoms with Crippen LogP contribution in [0.25, 0.3) is 0 Å². The average Bonchev–Trinajstić information content (AvgIpc) is 3.08. The van der Waals surface area contributed by atoms with E-state index in [2.05, 4.69) is 19.2 Å². The first kappa shape index (κ1) is 15.3. The Morgan fingerprint density at radius 1 is 1.16 bits per heavy atom. The van der Waals surface area contributed by atoms with Gasteiger partial charge >= 0.3 is 0 Å². The molecule has 0 spiro atoms. The molecule has 2 aliphatic rings. The molecule has 2 rings (SSSR count). The fourth-order valence-corrected chi connectivity index (χ4v) is 3.71. The van der Waals surface area contributed by atoms with Gasteiger partial charge in [-0.1, -0.05) is 13.8 Å². The molecule has 2 aliphatic heterocycles. The van der Waals surface area contributed by atoms with Gasteiger partial charge in [0.2, 0.25) is 0 Å². The lowest BCUT2D eigenvalue weighted by atomic mass is 9.87. The Labute approximate surface area is 118 Å². The minimum atomic E-state index is 0.479. The van der Waals surface area contributed by atoms with Crippen molar-refractivity contribution < 1.29 is 9.47 Å². The highest BCUT2D eigenvalue weighted by atomic mass is 16.5. The van der Waals surface area contributed by atoms with Gasteiger partial charge in [0.25, 0.3) is 0 Å². The van der Waals surface area contributed by atoms with Crippen LogP contribution in [0.4, 0.5) is 0 Å². The van der Waals surface area contributed by atoms with Gasteiger partial charge in [-0.05, 0) is 51.5 Å². The summed E-state index contributed by atoms with van der Waals surface area (Å²) in [5.74, 6) is 0.717. The second-order valence-corrected chi connectivity index (χ2v) is 6.00. The fraction of sp³-hybridized carbons (Fsp3) is 1.00. The maximum atomic E-state index is 5.86. The summed E-state index contributed by atoms with van der Waals surface area (Å²) in [6.07, 6.45) is 9.75. The highest BCUT2D eigenvalue weighted by Crippen LogP contribution is 2.29. The standard InChI is InChI=1S/C16H31NO2/c1-3-16-14(10-12-19-16)15(17-4-2)9-5-7-13-8-6-11-18-13/h13-17H,3-12H2,1-2H3. The van der Waals surface area contributed by atoms with Crippen molar-refractivity contribution in [2.24, 2.45) is 5.92 Å². The number of hydrogen-bond donors (Lipinski definition) is 1. The van der Waals surface area contributed by atoms with Crippen molar-refractivity contribution in [2.45, 2.75) is 77.0 Å². The molecule has 0 aromatic heterocycles. The lowest BCUT2D eigenvalue weighted by Crippen LogP contribution is -2.40. The van der Waals surface area contributed by atoms with E-state index < -0.39 is 0 Å². The summed E-state index contributed by atoms with van der Waals surface area (Å²) in [6, 6.07) is 0.638. The first-order valence-electron chi connectivity index (χ1n) is 8.31. The molecule has 0 saturated carbocycles. The van der Waals surface area contributed by atoms with E-state index in [-0.39, 0.29) is 0 Å². The van der Waals surface area contributed by atoms with E-state index in [4.69, 9.17) is 9.47 Å². The molecule has 1 N–H and O–H groups in total. The van der Waals surface area contributed by atoms with E-state index in [1.807, 2.05) is 0 Å². The minimum absolute atomic E-state index is 0.479. The zero-order valence-corrected chi connectivity index (χ0v) is 12.7. The Bertz CT molecular complexity index is 241. The number of nitrogens with one attached hydrogen (secondary N) is 1. The highest BCUT2D eigenvalue weighted by molar-refractivity contribution is 4.86. The predicted molar refractivity (Wildman–Crippen MR) is 78.4 cm³/mol.